The van der Waals surface area contributed by atoms with Crippen molar-refractivity contribution >= 4 is 90.5 Å². The fraction of sp³-hybridized carbons (Fsp3) is 0.0154. The lowest BCUT2D eigenvalue weighted by Crippen LogP contribution is -2.71. The Bertz CT molecular complexity index is 4840. The second-order valence-electron chi connectivity index (χ2n) is 20.0. The number of hydrogen-bond acceptors (Lipinski definition) is 4. The van der Waals surface area contributed by atoms with Crippen molar-refractivity contribution in [1.29, 1.82) is 0 Å². The van der Waals surface area contributed by atoms with Crippen LogP contribution in [0.2, 0.25) is 0 Å². The van der Waals surface area contributed by atoms with Gasteiger partial charge in [0.05, 0.1) is 88.9 Å². The second-order valence-corrected chi connectivity index (χ2v) is 20.0. The lowest BCUT2D eigenvalue weighted by molar-refractivity contribution is -0.805. The summed E-state index contributed by atoms with van der Waals surface area (Å²) in [7, 11) is 0. The molecule has 1 spiro atoms. The van der Waals surface area contributed by atoms with Crippen LogP contribution in [0.3, 0.4) is 0 Å². The zero-order valence-corrected chi connectivity index (χ0v) is 40.2. The van der Waals surface area contributed by atoms with Crippen LogP contribution in [0, 0.1) is 0 Å². The van der Waals surface area contributed by atoms with Gasteiger partial charge in [0.1, 0.15) is 0 Å². The molecule has 12 heteroatoms. The van der Waals surface area contributed by atoms with E-state index in [4.69, 9.17) is 0 Å². The summed E-state index contributed by atoms with van der Waals surface area (Å²) >= 11 is 0. The number of carboxylic acid groups (broad SMARTS) is 4. The highest BCUT2D eigenvalue weighted by molar-refractivity contribution is 6.37. The van der Waals surface area contributed by atoms with Crippen LogP contribution < -0.4 is 10.7 Å². The van der Waals surface area contributed by atoms with E-state index in [2.05, 4.69) is 66.8 Å². The lowest BCUT2D eigenvalue weighted by atomic mass is 9.89. The maximum absolute atomic E-state index is 13.2. The summed E-state index contributed by atoms with van der Waals surface area (Å²) in [5.41, 5.74) is 13.3. The van der Waals surface area contributed by atoms with Crippen LogP contribution in [0.1, 0.15) is 97.3 Å². The molecule has 0 saturated heterocycles. The first-order chi connectivity index (χ1) is 37.6. The highest BCUT2D eigenvalue weighted by Crippen LogP contribution is 2.60. The van der Waals surface area contributed by atoms with Gasteiger partial charge in [0.2, 0.25) is 22.8 Å². The van der Waals surface area contributed by atoms with Gasteiger partial charge in [-0.3, -0.25) is 0 Å². The van der Waals surface area contributed by atoms with Gasteiger partial charge in [-0.15, -0.1) is 0 Å². The first kappa shape index (κ1) is 42.8. The minimum Gasteiger partial charge on any atom is -0.478 e. The van der Waals surface area contributed by atoms with Crippen molar-refractivity contribution in [3.8, 4) is 0 Å². The summed E-state index contributed by atoms with van der Waals surface area (Å²) in [5, 5.41) is 48.1. The molecule has 77 heavy (non-hydrogen) atoms. The van der Waals surface area contributed by atoms with E-state index < -0.39 is 29.8 Å². The average Bonchev–Trinajstić information content (AvgIpc) is 3.83. The SMILES string of the molecule is O=C(O)c1cccc(C2=C3c4ccccc4C4=[N+]3C35n6c2c2ccccc2c6C(c2cc(C(=O)O)cc(C(=O)O)c2)=C2c6ccccc6C(=[N+]23)C(c2cccc(C(=O)O)c2)=c2c3ccccc3c(n25)=C4c2ccccc2)c1. The standard InChI is InChI=1S/C65H34N4O8/c70-61(71)36-18-12-16-34(28-36)50-55-43-22-6-4-20-41(43)53-49(33-14-2-1-3-15-33)54-42-21-5-7-23-44(42)56-51(35-17-13-19-37(29-35)62(72)73)58-46-25-9-11-27-48(46)60-52(38-30-39(63(74)75)32-40(31-38)64(76)77)59-47-26-10-8-24-45(47)57(50)68(59)65(66(53)55,67(54)56)69(58)60/h1-32H,(H2-2,70,71,72,73,74,75,76,77)/p+2. The monoisotopic (exact) mass is 1000 g/mol. The number of benzene rings is 8. The molecule has 8 heterocycles. The van der Waals surface area contributed by atoms with E-state index in [9.17, 15) is 39.6 Å². The summed E-state index contributed by atoms with van der Waals surface area (Å²) in [6.07, 6.45) is 0. The minimum absolute atomic E-state index is 0.0955. The number of aromatic carboxylic acids is 4. The van der Waals surface area contributed by atoms with E-state index >= 15 is 0 Å². The maximum Gasteiger partial charge on any atom is 0.554 e. The number of nitrogens with zero attached hydrogens (tertiary/aromatic N) is 4. The van der Waals surface area contributed by atoms with Crippen LogP contribution >= 0.6 is 0 Å². The molecule has 0 radical (unpaired) electrons. The number of carbonyl (C=O) groups is 4. The predicted molar refractivity (Wildman–Crippen MR) is 289 cm³/mol. The van der Waals surface area contributed by atoms with Gasteiger partial charge in [0.25, 0.3) is 0 Å². The van der Waals surface area contributed by atoms with Crippen LogP contribution in [0.25, 0.3) is 55.2 Å². The molecular weight excluding hydrogens is 965 g/mol. The van der Waals surface area contributed by atoms with E-state index in [0.717, 1.165) is 99.6 Å². The van der Waals surface area contributed by atoms with Crippen molar-refractivity contribution in [3.63, 3.8) is 0 Å². The molecule has 6 aliphatic rings. The number of carboxylic acids is 4. The van der Waals surface area contributed by atoms with Crippen molar-refractivity contribution in [2.24, 2.45) is 0 Å². The van der Waals surface area contributed by atoms with Crippen molar-refractivity contribution in [2.75, 3.05) is 0 Å². The summed E-state index contributed by atoms with van der Waals surface area (Å²) in [5.74, 6) is -6.28. The number of fused-ring (bicyclic) bond motifs is 12. The van der Waals surface area contributed by atoms with Crippen molar-refractivity contribution < 1.29 is 48.8 Å². The molecular formula is C65H36N4O8+2. The van der Waals surface area contributed by atoms with Gasteiger partial charge in [-0.2, -0.15) is 9.13 Å². The minimum atomic E-state index is -1.51. The molecule has 362 valence electrons. The Balaban J connectivity index is 1.27. The third-order valence-electron chi connectivity index (χ3n) is 16.2. The van der Waals surface area contributed by atoms with E-state index in [0.29, 0.717) is 33.7 Å². The van der Waals surface area contributed by atoms with Gasteiger partial charge in [-0.25, -0.2) is 19.2 Å². The third kappa shape index (κ3) is 5.15. The van der Waals surface area contributed by atoms with Crippen LogP contribution in [-0.4, -0.2) is 74.0 Å². The molecule has 0 aliphatic carbocycles. The summed E-state index contributed by atoms with van der Waals surface area (Å²) in [6, 6.07) is 61.4. The zero-order valence-electron chi connectivity index (χ0n) is 40.2. The van der Waals surface area contributed by atoms with E-state index in [-0.39, 0.29) is 22.3 Å². The number of hydrogen-bond donors (Lipinski definition) is 4. The Labute approximate surface area is 435 Å². The first-order valence-corrected chi connectivity index (χ1v) is 25.0. The average molecular weight is 1000 g/mol. The Morgan fingerprint density at radius 3 is 1.19 bits per heavy atom. The van der Waals surface area contributed by atoms with Crippen LogP contribution in [0.4, 0.5) is 0 Å². The molecule has 8 aromatic carbocycles. The van der Waals surface area contributed by atoms with Crippen molar-refractivity contribution in [2.45, 2.75) is 5.91 Å². The summed E-state index contributed by atoms with van der Waals surface area (Å²) < 4.78 is 9.53. The summed E-state index contributed by atoms with van der Waals surface area (Å²) in [6.45, 7) is 0. The normalized spacial score (nSPS) is 16.8. The fourth-order valence-corrected chi connectivity index (χ4v) is 13.5. The molecule has 1 unspecified atom stereocenters. The molecule has 1 atom stereocenters. The molecule has 0 bridgehead atoms. The molecule has 12 nitrogen and oxygen atoms in total. The fourth-order valence-electron chi connectivity index (χ4n) is 13.5. The van der Waals surface area contributed by atoms with E-state index in [1.54, 1.807) is 48.5 Å². The van der Waals surface area contributed by atoms with Crippen LogP contribution in [-0.2, 0) is 5.91 Å². The molecule has 6 aliphatic heterocycles. The Morgan fingerprint density at radius 1 is 0.338 bits per heavy atom. The van der Waals surface area contributed by atoms with E-state index in [1.165, 1.54) is 6.07 Å². The smallest absolute Gasteiger partial charge is 0.478 e. The molecule has 16 rings (SSSR count). The zero-order chi connectivity index (χ0) is 51.9. The predicted octanol–water partition coefficient (Wildman–Crippen LogP) is 9.42. The molecule has 2 aromatic heterocycles. The van der Waals surface area contributed by atoms with Gasteiger partial charge in [0.15, 0.2) is 0 Å². The van der Waals surface area contributed by atoms with Gasteiger partial charge < -0.3 is 20.4 Å². The third-order valence-corrected chi connectivity index (χ3v) is 16.2. The topological polar surface area (TPSA) is 165 Å². The van der Waals surface area contributed by atoms with Gasteiger partial charge in [-0.05, 0) is 89.0 Å². The molecule has 4 N–H and O–H groups in total. The molecule has 0 amide bonds. The van der Waals surface area contributed by atoms with Gasteiger partial charge >= 0.3 is 29.8 Å². The van der Waals surface area contributed by atoms with Crippen LogP contribution in [0.5, 0.6) is 0 Å². The molecule has 0 fully saturated rings. The summed E-state index contributed by atoms with van der Waals surface area (Å²) in [4.78, 5) is 52.6. The lowest BCUT2D eigenvalue weighted by Gasteiger charge is -2.41. The highest BCUT2D eigenvalue weighted by Gasteiger charge is 2.76. The maximum atomic E-state index is 13.2. The van der Waals surface area contributed by atoms with Gasteiger partial charge in [-0.1, -0.05) is 137 Å². The van der Waals surface area contributed by atoms with E-state index in [1.807, 2.05) is 91.0 Å². The first-order valence-electron chi connectivity index (χ1n) is 25.0. The van der Waals surface area contributed by atoms with Gasteiger partial charge in [0, 0.05) is 21.5 Å². The number of aromatic nitrogens is 2. The van der Waals surface area contributed by atoms with Crippen LogP contribution in [0.15, 0.2) is 194 Å². The quantitative estimate of drug-likeness (QED) is 0.109. The number of rotatable bonds is 8. The Hall–Kier alpha value is -10.7. The molecule has 0 saturated carbocycles. The molecule has 10 aromatic rings. The second kappa shape index (κ2) is 14.7. The van der Waals surface area contributed by atoms with Crippen molar-refractivity contribution in [1.82, 2.24) is 9.13 Å². The largest absolute Gasteiger partial charge is 0.554 e. The highest BCUT2D eigenvalue weighted by atomic mass is 16.4. The van der Waals surface area contributed by atoms with Crippen molar-refractivity contribution in [3.05, 3.63) is 283 Å². The Kier molecular flexibility index (Phi) is 8.18. The Morgan fingerprint density at radius 2 is 0.714 bits per heavy atom.